The molecule has 7 atom stereocenters. The number of aromatic nitrogens is 4. The highest BCUT2D eigenvalue weighted by Crippen LogP contribution is 2.61. The number of phenolic OH excluding ortho intramolecular Hbond substituents is 2. The standard InChI is InChI=1S/C43H56N7O24P3S/c1-43(2,36(57)41(58)46-12-11-30(53)45-13-14-78)20-71-77(64,65)74-76(62,63)70-19-29-35(73-75(59,60)61)34(56)42(72-29)50-39(24(52)10-8-22-17-27(68-5)33(55)28(18-22)69-6)47-31-37(44)48-38(49-40(31)50)23(51)9-7-21-15-25(66-3)32(54)26(16-21)67-4/h7-10,15-18,29,34-36,42,54-57,78H,11-14,19-20H2,1-6H3,(H,45,53)(H,46,58)(H,62,63)(H,64,65)(H2,44,48,49)(H2,59,60,61)/b9-7+,10-8+/t29-,34-,35-,36+,42-/m1/s1. The van der Waals surface area contributed by atoms with Crippen LogP contribution in [0, 0.1) is 5.41 Å². The molecule has 35 heteroatoms. The number of amides is 2. The molecule has 0 spiro atoms. The second-order valence-electron chi connectivity index (χ2n) is 17.1. The highest BCUT2D eigenvalue weighted by molar-refractivity contribution is 7.80. The van der Waals surface area contributed by atoms with E-state index in [2.05, 4.69) is 42.5 Å². The SMILES string of the molecule is COc1cc(/C=C/C(=O)c2nc(N)c3nc(C(=O)/C=C/c4cc(OC)c(O)c(OC)c4)n([C@@H]4O[C@H](COP(=O)(O)OP(=O)(O)OCC(C)(C)[C@@H](O)C(=O)NCCC(=O)NCCS)[C@@H](OP(=O)(O)O)[C@H]4O)c3n2)cc(OC)c1O. The molecular weight excluding hydrogens is 1120 g/mol. The first-order valence-corrected chi connectivity index (χ1v) is 27.6. The molecule has 12 N–H and O–H groups in total. The number of hydrogen-bond donors (Lipinski definition) is 12. The van der Waals surface area contributed by atoms with Crippen LogP contribution in [0.2, 0.25) is 0 Å². The molecule has 1 aliphatic rings. The number of nitrogens with two attached hydrogens (primary N) is 1. The van der Waals surface area contributed by atoms with Crippen LogP contribution >= 0.6 is 36.1 Å². The van der Waals surface area contributed by atoms with Crippen LogP contribution in [-0.2, 0) is 45.9 Å². The molecule has 1 fully saturated rings. The van der Waals surface area contributed by atoms with E-state index in [-0.39, 0.29) is 65.1 Å². The number of anilines is 1. The number of aliphatic hydroxyl groups is 2. The van der Waals surface area contributed by atoms with Gasteiger partial charge in [0.2, 0.25) is 40.7 Å². The van der Waals surface area contributed by atoms with E-state index < -0.39 is 125 Å². The zero-order valence-electron chi connectivity index (χ0n) is 42.0. The molecule has 0 aliphatic carbocycles. The number of nitrogens with zero attached hydrogens (tertiary/aromatic N) is 4. The minimum absolute atomic E-state index is 0.0169. The number of carbonyl (C=O) groups is 4. The lowest BCUT2D eigenvalue weighted by atomic mass is 9.87. The Bertz CT molecular complexity index is 3050. The molecule has 428 valence electrons. The Hall–Kier alpha value is -6.05. The highest BCUT2D eigenvalue weighted by Gasteiger charge is 2.51. The van der Waals surface area contributed by atoms with Crippen LogP contribution in [-0.4, -0.2) is 168 Å². The molecule has 1 saturated heterocycles. The van der Waals surface area contributed by atoms with Crippen molar-refractivity contribution in [3.8, 4) is 34.5 Å². The van der Waals surface area contributed by atoms with Crippen molar-refractivity contribution in [1.29, 1.82) is 0 Å². The Kier molecular flexibility index (Phi) is 21.1. The number of aromatic hydroxyl groups is 2. The summed E-state index contributed by atoms with van der Waals surface area (Å²) in [5.41, 5.74) is 4.12. The number of phenols is 2. The van der Waals surface area contributed by atoms with E-state index >= 15 is 0 Å². The van der Waals surface area contributed by atoms with Crippen molar-refractivity contribution < 1.29 is 114 Å². The lowest BCUT2D eigenvalue weighted by Crippen LogP contribution is -2.46. The third-order valence-corrected chi connectivity index (χ3v) is 14.3. The lowest BCUT2D eigenvalue weighted by Gasteiger charge is -2.30. The average Bonchev–Trinajstić information content (AvgIpc) is 3.95. The van der Waals surface area contributed by atoms with Crippen molar-refractivity contribution in [2.45, 2.75) is 50.9 Å². The molecule has 0 radical (unpaired) electrons. The minimum Gasteiger partial charge on any atom is -0.502 e. The fourth-order valence-electron chi connectivity index (χ4n) is 7.10. The molecule has 1 aliphatic heterocycles. The quantitative estimate of drug-likeness (QED) is 0.0166. The molecule has 2 unspecified atom stereocenters. The first kappa shape index (κ1) is 62.8. The maximum absolute atomic E-state index is 14.2. The number of hydrogen-bond acceptors (Lipinski definition) is 25. The number of rotatable bonds is 28. The summed E-state index contributed by atoms with van der Waals surface area (Å²) in [6, 6.07) is 5.35. The third-order valence-electron chi connectivity index (χ3n) is 11.0. The Morgan fingerprint density at radius 2 is 1.35 bits per heavy atom. The summed E-state index contributed by atoms with van der Waals surface area (Å²) in [6.07, 6.45) is -6.56. The van der Waals surface area contributed by atoms with Gasteiger partial charge in [-0.15, -0.1) is 0 Å². The van der Waals surface area contributed by atoms with E-state index in [0.29, 0.717) is 5.75 Å². The summed E-state index contributed by atoms with van der Waals surface area (Å²) in [4.78, 5) is 106. The molecule has 2 aromatic heterocycles. The number of nitrogen functional groups attached to an aromatic ring is 1. The maximum Gasteiger partial charge on any atom is 0.481 e. The van der Waals surface area contributed by atoms with Gasteiger partial charge in [0.25, 0.3) is 0 Å². The molecule has 0 saturated carbocycles. The monoisotopic (exact) mass is 1180 g/mol. The minimum atomic E-state index is -5.84. The number of allylic oxidation sites excluding steroid dienone is 2. The Morgan fingerprint density at radius 1 is 0.821 bits per heavy atom. The van der Waals surface area contributed by atoms with Gasteiger partial charge in [-0.05, 0) is 47.5 Å². The van der Waals surface area contributed by atoms with Crippen LogP contribution in [0.4, 0.5) is 5.82 Å². The number of benzene rings is 2. The van der Waals surface area contributed by atoms with Crippen LogP contribution in [0.15, 0.2) is 36.4 Å². The van der Waals surface area contributed by atoms with E-state index in [0.717, 1.165) is 16.7 Å². The first-order valence-electron chi connectivity index (χ1n) is 22.5. The van der Waals surface area contributed by atoms with Gasteiger partial charge in [0.1, 0.15) is 24.4 Å². The van der Waals surface area contributed by atoms with Crippen molar-refractivity contribution in [3.05, 3.63) is 59.2 Å². The summed E-state index contributed by atoms with van der Waals surface area (Å²) in [7, 11) is -12.1. The van der Waals surface area contributed by atoms with Gasteiger partial charge in [-0.3, -0.25) is 37.3 Å². The number of ketones is 2. The molecule has 2 aromatic carbocycles. The van der Waals surface area contributed by atoms with Crippen LogP contribution in [0.1, 0.15) is 58.9 Å². The first-order chi connectivity index (χ1) is 36.5. The predicted molar refractivity (Wildman–Crippen MR) is 273 cm³/mol. The lowest BCUT2D eigenvalue weighted by molar-refractivity contribution is -0.137. The Labute approximate surface area is 448 Å². The van der Waals surface area contributed by atoms with Gasteiger partial charge in [-0.25, -0.2) is 28.6 Å². The van der Waals surface area contributed by atoms with E-state index in [1.165, 1.54) is 78.7 Å². The van der Waals surface area contributed by atoms with Gasteiger partial charge < -0.3 is 80.1 Å². The zero-order chi connectivity index (χ0) is 58.1. The second-order valence-corrected chi connectivity index (χ2v) is 21.7. The smallest absolute Gasteiger partial charge is 0.481 e. The number of ether oxygens (including phenoxy) is 5. The normalized spacial score (nSPS) is 18.8. The topological polar surface area (TPSA) is 458 Å². The number of phosphoric acid groups is 3. The summed E-state index contributed by atoms with van der Waals surface area (Å²) in [5.74, 6) is -5.84. The summed E-state index contributed by atoms with van der Waals surface area (Å²) < 4.78 is 84.6. The molecule has 3 heterocycles. The van der Waals surface area contributed by atoms with Crippen LogP contribution in [0.25, 0.3) is 23.3 Å². The number of fused-ring (bicyclic) bond motifs is 1. The fourth-order valence-corrected chi connectivity index (χ4v) is 10.0. The highest BCUT2D eigenvalue weighted by atomic mass is 32.1. The van der Waals surface area contributed by atoms with Crippen LogP contribution in [0.3, 0.4) is 0 Å². The number of carbonyl (C=O) groups excluding carboxylic acids is 4. The number of thiol groups is 1. The van der Waals surface area contributed by atoms with Crippen molar-refractivity contribution in [2.24, 2.45) is 5.41 Å². The molecule has 2 amide bonds. The van der Waals surface area contributed by atoms with Crippen molar-refractivity contribution in [1.82, 2.24) is 30.2 Å². The van der Waals surface area contributed by atoms with E-state index in [1.807, 2.05) is 0 Å². The molecule has 5 rings (SSSR count). The summed E-state index contributed by atoms with van der Waals surface area (Å²) in [6.45, 7) is 0.127. The maximum atomic E-state index is 14.2. The molecular formula is C43H56N7O24P3S. The summed E-state index contributed by atoms with van der Waals surface area (Å²) in [5, 5.41) is 48.0. The number of nitrogens with one attached hydrogen (secondary N) is 2. The van der Waals surface area contributed by atoms with E-state index in [9.17, 15) is 72.9 Å². The van der Waals surface area contributed by atoms with Crippen LogP contribution in [0.5, 0.6) is 34.5 Å². The van der Waals surface area contributed by atoms with Gasteiger partial charge in [0.15, 0.2) is 52.0 Å². The summed E-state index contributed by atoms with van der Waals surface area (Å²) >= 11 is 3.97. The molecule has 78 heavy (non-hydrogen) atoms. The molecule has 31 nitrogen and oxygen atoms in total. The molecule has 0 bridgehead atoms. The fraction of sp³-hybridized carbons (Fsp3) is 0.419. The largest absolute Gasteiger partial charge is 0.502 e. The predicted octanol–water partition coefficient (Wildman–Crippen LogP) is 1.57. The second kappa shape index (κ2) is 26.3. The zero-order valence-corrected chi connectivity index (χ0v) is 45.6. The Morgan fingerprint density at radius 3 is 1.86 bits per heavy atom. The van der Waals surface area contributed by atoms with E-state index in [1.54, 1.807) is 0 Å². The van der Waals surface area contributed by atoms with Gasteiger partial charge in [0.05, 0.1) is 41.7 Å². The van der Waals surface area contributed by atoms with Gasteiger partial charge >= 0.3 is 23.5 Å². The van der Waals surface area contributed by atoms with E-state index in [4.69, 9.17) is 43.0 Å². The number of phosphoric ester groups is 3. The van der Waals surface area contributed by atoms with Crippen molar-refractivity contribution >= 4 is 88.6 Å². The molecule has 4 aromatic rings. The van der Waals surface area contributed by atoms with Gasteiger partial charge in [-0.2, -0.15) is 16.9 Å². The van der Waals surface area contributed by atoms with Gasteiger partial charge in [-0.1, -0.05) is 26.0 Å². The third kappa shape index (κ3) is 16.0. The number of aliphatic hydroxyl groups excluding tert-OH is 2. The van der Waals surface area contributed by atoms with Crippen molar-refractivity contribution in [3.63, 3.8) is 0 Å². The average molecular weight is 1180 g/mol. The van der Waals surface area contributed by atoms with Gasteiger partial charge in [0, 0.05) is 30.7 Å². The Balaban J connectivity index is 1.47. The number of methoxy groups -OCH3 is 4. The number of imidazole rings is 1. The van der Waals surface area contributed by atoms with Crippen LogP contribution < -0.4 is 35.3 Å². The van der Waals surface area contributed by atoms with Crippen molar-refractivity contribution in [2.75, 3.05) is 66.2 Å².